The maximum absolute atomic E-state index is 14.5. The van der Waals surface area contributed by atoms with Crippen molar-refractivity contribution in [3.05, 3.63) is 74.5 Å². The van der Waals surface area contributed by atoms with Crippen molar-refractivity contribution in [2.45, 2.75) is 20.3 Å². The predicted octanol–water partition coefficient (Wildman–Crippen LogP) is 5.41. The molecule has 0 saturated carbocycles. The molecule has 0 unspecified atom stereocenters. The summed E-state index contributed by atoms with van der Waals surface area (Å²) >= 11 is 3.56. The number of nitrogens with zero attached hydrogens (tertiary/aromatic N) is 2. The van der Waals surface area contributed by atoms with E-state index >= 15 is 0 Å². The van der Waals surface area contributed by atoms with Crippen molar-refractivity contribution in [3.63, 3.8) is 0 Å². The first-order valence-corrected chi connectivity index (χ1v) is 10.4. The predicted molar refractivity (Wildman–Crippen MR) is 117 cm³/mol. The molecule has 4 nitrogen and oxygen atoms in total. The molecular formula is C23H23BrF2N2O2. The molecule has 3 rings (SSSR count). The van der Waals surface area contributed by atoms with Gasteiger partial charge in [-0.2, -0.15) is 0 Å². The Bertz CT molecular complexity index is 991. The number of methoxy groups -OCH3 is 1. The van der Waals surface area contributed by atoms with E-state index in [2.05, 4.69) is 43.6 Å². The van der Waals surface area contributed by atoms with Gasteiger partial charge in [-0.25, -0.2) is 13.6 Å². The highest BCUT2D eigenvalue weighted by Gasteiger charge is 2.21. The largest absolute Gasteiger partial charge is 0.465 e. The van der Waals surface area contributed by atoms with E-state index in [-0.39, 0.29) is 11.1 Å². The summed E-state index contributed by atoms with van der Waals surface area (Å²) in [6, 6.07) is 3.97. The van der Waals surface area contributed by atoms with Crippen LogP contribution in [0.5, 0.6) is 0 Å². The fourth-order valence-electron chi connectivity index (χ4n) is 3.56. The third-order valence-electron chi connectivity index (χ3n) is 5.08. The number of ether oxygens (including phenoxy) is 1. The van der Waals surface area contributed by atoms with Gasteiger partial charge in [0.15, 0.2) is 0 Å². The zero-order chi connectivity index (χ0) is 21.8. The second kappa shape index (κ2) is 9.62. The van der Waals surface area contributed by atoms with E-state index in [1.807, 2.05) is 19.1 Å². The van der Waals surface area contributed by atoms with E-state index in [0.717, 1.165) is 34.4 Å². The van der Waals surface area contributed by atoms with Crippen molar-refractivity contribution in [2.24, 2.45) is 0 Å². The van der Waals surface area contributed by atoms with E-state index in [1.54, 1.807) is 6.20 Å². The van der Waals surface area contributed by atoms with Crippen molar-refractivity contribution in [2.75, 3.05) is 26.7 Å². The SMILES string of the molecule is COC(=O)c1cc(F)c(C2=CCN(C/C(C)=C/c3c(Br)ccnc3C)CC2)c(F)c1. The van der Waals surface area contributed by atoms with Crippen LogP contribution in [0.1, 0.15) is 40.5 Å². The van der Waals surface area contributed by atoms with E-state index < -0.39 is 17.6 Å². The van der Waals surface area contributed by atoms with Crippen molar-refractivity contribution in [3.8, 4) is 0 Å². The topological polar surface area (TPSA) is 42.4 Å². The third-order valence-corrected chi connectivity index (χ3v) is 5.77. The summed E-state index contributed by atoms with van der Waals surface area (Å²) in [5.74, 6) is -2.26. The van der Waals surface area contributed by atoms with Crippen LogP contribution in [0.15, 0.2) is 40.5 Å². The van der Waals surface area contributed by atoms with Crippen molar-refractivity contribution >= 4 is 33.5 Å². The second-order valence-corrected chi connectivity index (χ2v) is 8.16. The lowest BCUT2D eigenvalue weighted by atomic mass is 9.96. The summed E-state index contributed by atoms with van der Waals surface area (Å²) in [6.45, 7) is 6.04. The Morgan fingerprint density at radius 3 is 2.60 bits per heavy atom. The lowest BCUT2D eigenvalue weighted by Crippen LogP contribution is -2.30. The number of pyridine rings is 1. The van der Waals surface area contributed by atoms with Gasteiger partial charge in [0.2, 0.25) is 0 Å². The van der Waals surface area contributed by atoms with Gasteiger partial charge in [0.1, 0.15) is 11.6 Å². The number of aromatic nitrogens is 1. The van der Waals surface area contributed by atoms with Gasteiger partial charge < -0.3 is 4.74 Å². The molecule has 0 amide bonds. The highest BCUT2D eigenvalue weighted by atomic mass is 79.9. The third kappa shape index (κ3) is 5.02. The van der Waals surface area contributed by atoms with Crippen molar-refractivity contribution in [1.29, 1.82) is 0 Å². The van der Waals surface area contributed by atoms with E-state index in [1.165, 1.54) is 12.7 Å². The van der Waals surface area contributed by atoms with E-state index in [4.69, 9.17) is 0 Å². The number of halogens is 3. The minimum absolute atomic E-state index is 0.0653. The Balaban J connectivity index is 1.73. The number of hydrogen-bond acceptors (Lipinski definition) is 4. The molecular weight excluding hydrogens is 454 g/mol. The molecule has 0 fully saturated rings. The standard InChI is InChI=1S/C23H23BrF2N2O2/c1-14(10-18-15(2)27-7-4-19(18)24)13-28-8-5-16(6-9-28)22-20(25)11-17(12-21(22)26)23(29)30-3/h4-5,7,10-12H,6,8-9,13H2,1-3H3/b14-10+. The van der Waals surface area contributed by atoms with Crippen LogP contribution in [0.2, 0.25) is 0 Å². The van der Waals surface area contributed by atoms with Gasteiger partial charge >= 0.3 is 5.97 Å². The maximum Gasteiger partial charge on any atom is 0.338 e. The first-order valence-electron chi connectivity index (χ1n) is 9.57. The molecule has 1 aromatic heterocycles. The number of rotatable bonds is 5. The number of aryl methyl sites for hydroxylation is 1. The first kappa shape index (κ1) is 22.3. The summed E-state index contributed by atoms with van der Waals surface area (Å²) < 4.78 is 34.5. The fourth-order valence-corrected chi connectivity index (χ4v) is 4.08. The molecule has 0 N–H and O–H groups in total. The molecule has 0 spiro atoms. The highest BCUT2D eigenvalue weighted by Crippen LogP contribution is 2.29. The number of esters is 1. The van der Waals surface area contributed by atoms with Gasteiger partial charge in [-0.15, -0.1) is 0 Å². The van der Waals surface area contributed by atoms with Crippen LogP contribution < -0.4 is 0 Å². The molecule has 30 heavy (non-hydrogen) atoms. The van der Waals surface area contributed by atoms with Crippen LogP contribution in [0.4, 0.5) is 8.78 Å². The average molecular weight is 477 g/mol. The summed E-state index contributed by atoms with van der Waals surface area (Å²) in [5, 5.41) is 0. The van der Waals surface area contributed by atoms with E-state index in [9.17, 15) is 13.6 Å². The zero-order valence-electron chi connectivity index (χ0n) is 17.1. The average Bonchev–Trinajstić information content (AvgIpc) is 2.71. The van der Waals surface area contributed by atoms with Crippen LogP contribution in [-0.2, 0) is 4.74 Å². The highest BCUT2D eigenvalue weighted by molar-refractivity contribution is 9.10. The molecule has 0 saturated heterocycles. The molecule has 1 aliphatic heterocycles. The summed E-state index contributed by atoms with van der Waals surface area (Å²) in [4.78, 5) is 18.1. The zero-order valence-corrected chi connectivity index (χ0v) is 18.7. The van der Waals surface area contributed by atoms with Gasteiger partial charge in [0, 0.05) is 47.1 Å². The molecule has 0 atom stereocenters. The van der Waals surface area contributed by atoms with Gasteiger partial charge in [-0.3, -0.25) is 9.88 Å². The molecule has 2 aromatic rings. The van der Waals surface area contributed by atoms with Gasteiger partial charge in [-0.1, -0.05) is 33.7 Å². The second-order valence-electron chi connectivity index (χ2n) is 7.30. The smallest absolute Gasteiger partial charge is 0.338 e. The normalized spacial score (nSPS) is 15.1. The summed E-state index contributed by atoms with van der Waals surface area (Å²) in [7, 11) is 1.18. The van der Waals surface area contributed by atoms with Crippen LogP contribution in [0.25, 0.3) is 11.6 Å². The van der Waals surface area contributed by atoms with Crippen molar-refractivity contribution in [1.82, 2.24) is 9.88 Å². The minimum Gasteiger partial charge on any atom is -0.465 e. The molecule has 0 aliphatic carbocycles. The molecule has 1 aromatic carbocycles. The molecule has 0 bridgehead atoms. The van der Waals surface area contributed by atoms with Gasteiger partial charge in [0.05, 0.1) is 12.7 Å². The van der Waals surface area contributed by atoms with Crippen LogP contribution in [0.3, 0.4) is 0 Å². The van der Waals surface area contributed by atoms with Gasteiger partial charge in [0.25, 0.3) is 0 Å². The molecule has 1 aliphatic rings. The van der Waals surface area contributed by atoms with Crippen LogP contribution >= 0.6 is 15.9 Å². The lowest BCUT2D eigenvalue weighted by molar-refractivity contribution is 0.0599. The number of carbonyl (C=O) groups is 1. The monoisotopic (exact) mass is 476 g/mol. The Hall–Kier alpha value is -2.38. The first-order chi connectivity index (χ1) is 14.3. The molecule has 2 heterocycles. The van der Waals surface area contributed by atoms with Crippen molar-refractivity contribution < 1.29 is 18.3 Å². The number of carbonyl (C=O) groups excluding carboxylic acids is 1. The summed E-state index contributed by atoms with van der Waals surface area (Å²) in [5.41, 5.74) is 3.59. The molecule has 7 heteroatoms. The summed E-state index contributed by atoms with van der Waals surface area (Å²) in [6.07, 6.45) is 6.24. The Labute approximate surface area is 183 Å². The number of hydrogen-bond donors (Lipinski definition) is 0. The Morgan fingerprint density at radius 2 is 2.03 bits per heavy atom. The van der Waals surface area contributed by atoms with Gasteiger partial charge in [-0.05, 0) is 44.0 Å². The molecule has 158 valence electrons. The molecule has 0 radical (unpaired) electrons. The van der Waals surface area contributed by atoms with E-state index in [0.29, 0.717) is 25.1 Å². The minimum atomic E-state index is -0.763. The maximum atomic E-state index is 14.5. The Morgan fingerprint density at radius 1 is 1.33 bits per heavy atom. The number of benzene rings is 1. The Kier molecular flexibility index (Phi) is 7.15. The fraction of sp³-hybridized carbons (Fsp3) is 0.304. The quantitative estimate of drug-likeness (QED) is 0.541. The van der Waals surface area contributed by atoms with Crippen LogP contribution in [-0.4, -0.2) is 42.6 Å². The lowest BCUT2D eigenvalue weighted by Gasteiger charge is -2.27. The van der Waals surface area contributed by atoms with Crippen LogP contribution in [0, 0.1) is 18.6 Å².